The van der Waals surface area contributed by atoms with Crippen LogP contribution in [0.2, 0.25) is 25.2 Å². The zero-order valence-corrected chi connectivity index (χ0v) is 14.8. The summed E-state index contributed by atoms with van der Waals surface area (Å²) in [6, 6.07) is 2.30. The molecule has 0 saturated carbocycles. The van der Waals surface area contributed by atoms with Crippen LogP contribution in [0.1, 0.15) is 27.2 Å². The summed E-state index contributed by atoms with van der Waals surface area (Å²) >= 11 is 0. The summed E-state index contributed by atoms with van der Waals surface area (Å²) in [6.45, 7) is 11.2. The molecule has 0 spiro atoms. The van der Waals surface area contributed by atoms with E-state index in [1.54, 1.807) is 7.11 Å². The van der Waals surface area contributed by atoms with Gasteiger partial charge in [-0.2, -0.15) is 0 Å². The van der Waals surface area contributed by atoms with E-state index in [-0.39, 0.29) is 18.7 Å². The maximum absolute atomic E-state index is 9.56. The summed E-state index contributed by atoms with van der Waals surface area (Å²) in [6.07, 6.45) is 1.22. The molecule has 0 amide bonds. The molecule has 0 aromatic heterocycles. The number of rotatable bonds is 6. The quantitative estimate of drug-likeness (QED) is 0.766. The fraction of sp³-hybridized carbons (Fsp3) is 0.867. The average Bonchev–Trinajstić information content (AvgIpc) is 2.37. The lowest BCUT2D eigenvalue weighted by molar-refractivity contribution is 0.340. The van der Waals surface area contributed by atoms with Gasteiger partial charge in [0.15, 0.2) is 0 Å². The van der Waals surface area contributed by atoms with Crippen LogP contribution >= 0.6 is 0 Å². The van der Waals surface area contributed by atoms with Crippen molar-refractivity contribution in [3.63, 3.8) is 0 Å². The van der Waals surface area contributed by atoms with Gasteiger partial charge in [-0.3, -0.25) is 4.99 Å². The van der Waals surface area contributed by atoms with Crippen LogP contribution in [0.25, 0.3) is 0 Å². The Morgan fingerprint density at radius 1 is 1.30 bits per heavy atom. The van der Waals surface area contributed by atoms with Gasteiger partial charge in [-0.1, -0.05) is 46.3 Å². The van der Waals surface area contributed by atoms with Gasteiger partial charge < -0.3 is 9.84 Å². The number of hydrogen-bond donors (Lipinski definition) is 1. The molecule has 1 aliphatic heterocycles. The number of ether oxygens (including phenoxy) is 1. The number of methoxy groups -OCH3 is 1. The fourth-order valence-corrected chi connectivity index (χ4v) is 5.79. The van der Waals surface area contributed by atoms with E-state index < -0.39 is 8.07 Å². The summed E-state index contributed by atoms with van der Waals surface area (Å²) in [5, 5.41) is 9.56. The van der Waals surface area contributed by atoms with Gasteiger partial charge in [0, 0.05) is 0 Å². The molecule has 1 rings (SSSR count). The van der Waals surface area contributed by atoms with Crippen molar-refractivity contribution in [1.82, 2.24) is 0 Å². The second kappa shape index (κ2) is 7.36. The molecule has 1 heterocycles. The number of aliphatic hydroxyl groups is 1. The Morgan fingerprint density at radius 3 is 2.40 bits per heavy atom. The Kier molecular flexibility index (Phi) is 6.39. The minimum absolute atomic E-state index is 0.00436. The molecular formula is C15H30N2O2Si. The Hall–Kier alpha value is -0.683. The lowest BCUT2D eigenvalue weighted by Crippen LogP contribution is -2.41. The number of hydrogen-bond acceptors (Lipinski definition) is 4. The molecule has 0 bridgehead atoms. The summed E-state index contributed by atoms with van der Waals surface area (Å²) in [5.41, 5.74) is 0.812. The normalized spacial score (nSPS) is 23.6. The summed E-state index contributed by atoms with van der Waals surface area (Å²) in [5.74, 6) is 1.07. The van der Waals surface area contributed by atoms with Crippen LogP contribution in [-0.4, -0.2) is 50.6 Å². The van der Waals surface area contributed by atoms with E-state index in [1.165, 1.54) is 12.5 Å². The molecule has 1 aliphatic rings. The van der Waals surface area contributed by atoms with E-state index >= 15 is 0 Å². The highest BCUT2D eigenvalue weighted by Crippen LogP contribution is 2.25. The van der Waals surface area contributed by atoms with Crippen LogP contribution in [0.15, 0.2) is 9.98 Å². The molecular weight excluding hydrogens is 268 g/mol. The lowest BCUT2D eigenvalue weighted by atomic mass is 9.98. The first kappa shape index (κ1) is 17.4. The molecule has 0 aromatic carbocycles. The largest absolute Gasteiger partial charge is 0.483 e. The first-order valence-electron chi connectivity index (χ1n) is 7.63. The third-order valence-corrected chi connectivity index (χ3v) is 7.24. The SMILES string of the molecule is CCC[Si](C)(C)C[C@@H]1N=C(CO)[C@@H](C(C)C)N=C1OC. The van der Waals surface area contributed by atoms with Gasteiger partial charge in [-0.25, -0.2) is 4.99 Å². The molecule has 1 N–H and O–H groups in total. The minimum atomic E-state index is -1.29. The molecule has 0 saturated heterocycles. The molecule has 4 nitrogen and oxygen atoms in total. The van der Waals surface area contributed by atoms with E-state index in [0.29, 0.717) is 5.92 Å². The molecule has 0 aromatic rings. The lowest BCUT2D eigenvalue weighted by Gasteiger charge is -2.31. The minimum Gasteiger partial charge on any atom is -0.483 e. The molecule has 20 heavy (non-hydrogen) atoms. The zero-order valence-electron chi connectivity index (χ0n) is 13.8. The van der Waals surface area contributed by atoms with Crippen LogP contribution in [-0.2, 0) is 4.74 Å². The van der Waals surface area contributed by atoms with Crippen molar-refractivity contribution in [3.05, 3.63) is 0 Å². The van der Waals surface area contributed by atoms with Crippen molar-refractivity contribution in [2.45, 2.75) is 64.5 Å². The Balaban J connectivity index is 2.95. The fourth-order valence-electron chi connectivity index (χ4n) is 2.92. The van der Waals surface area contributed by atoms with Crippen LogP contribution < -0.4 is 0 Å². The van der Waals surface area contributed by atoms with Crippen LogP contribution in [0, 0.1) is 5.92 Å². The highest BCUT2D eigenvalue weighted by Gasteiger charge is 2.33. The predicted molar refractivity (Wildman–Crippen MR) is 88.8 cm³/mol. The zero-order chi connectivity index (χ0) is 15.3. The van der Waals surface area contributed by atoms with Crippen molar-refractivity contribution in [2.75, 3.05) is 13.7 Å². The van der Waals surface area contributed by atoms with Crippen molar-refractivity contribution in [1.29, 1.82) is 0 Å². The molecule has 5 heteroatoms. The Labute approximate surface area is 124 Å². The van der Waals surface area contributed by atoms with Gasteiger partial charge in [0.2, 0.25) is 5.90 Å². The number of aliphatic imine (C=N–C) groups is 2. The highest BCUT2D eigenvalue weighted by atomic mass is 28.3. The molecule has 2 atom stereocenters. The van der Waals surface area contributed by atoms with Gasteiger partial charge in [-0.05, 0) is 12.0 Å². The van der Waals surface area contributed by atoms with Crippen molar-refractivity contribution >= 4 is 19.7 Å². The third kappa shape index (κ3) is 4.41. The van der Waals surface area contributed by atoms with Crippen molar-refractivity contribution < 1.29 is 9.84 Å². The summed E-state index contributed by atoms with van der Waals surface area (Å²) in [7, 11) is 0.388. The maximum atomic E-state index is 9.56. The van der Waals surface area contributed by atoms with Gasteiger partial charge in [0.05, 0.1) is 33.5 Å². The highest BCUT2D eigenvalue weighted by molar-refractivity contribution is 6.77. The van der Waals surface area contributed by atoms with E-state index in [9.17, 15) is 5.11 Å². The first-order valence-corrected chi connectivity index (χ1v) is 11.0. The predicted octanol–water partition coefficient (Wildman–Crippen LogP) is 2.99. The smallest absolute Gasteiger partial charge is 0.208 e. The topological polar surface area (TPSA) is 54.2 Å². The first-order chi connectivity index (χ1) is 9.34. The molecule has 0 radical (unpaired) electrons. The monoisotopic (exact) mass is 298 g/mol. The molecule has 0 aliphatic carbocycles. The van der Waals surface area contributed by atoms with Gasteiger partial charge in [0.1, 0.15) is 6.04 Å². The number of nitrogens with zero attached hydrogens (tertiary/aromatic N) is 2. The van der Waals surface area contributed by atoms with Crippen molar-refractivity contribution in [3.8, 4) is 0 Å². The maximum Gasteiger partial charge on any atom is 0.208 e. The van der Waals surface area contributed by atoms with Crippen LogP contribution in [0.4, 0.5) is 0 Å². The molecule has 116 valence electrons. The van der Waals surface area contributed by atoms with Gasteiger partial charge in [-0.15, -0.1) is 0 Å². The summed E-state index contributed by atoms with van der Waals surface area (Å²) in [4.78, 5) is 9.47. The van der Waals surface area contributed by atoms with Gasteiger partial charge >= 0.3 is 0 Å². The second-order valence-electron chi connectivity index (χ2n) is 6.77. The van der Waals surface area contributed by atoms with Crippen molar-refractivity contribution in [2.24, 2.45) is 15.9 Å². The van der Waals surface area contributed by atoms with Crippen LogP contribution in [0.5, 0.6) is 0 Å². The summed E-state index contributed by atoms with van der Waals surface area (Å²) < 4.78 is 5.48. The van der Waals surface area contributed by atoms with E-state index in [4.69, 9.17) is 14.7 Å². The van der Waals surface area contributed by atoms with E-state index in [1.807, 2.05) is 0 Å². The van der Waals surface area contributed by atoms with E-state index in [0.717, 1.165) is 17.7 Å². The molecule has 0 unspecified atom stereocenters. The van der Waals surface area contributed by atoms with Gasteiger partial charge in [0.25, 0.3) is 0 Å². The Bertz CT molecular complexity index is 378. The second-order valence-corrected chi connectivity index (χ2v) is 12.0. The van der Waals surface area contributed by atoms with E-state index in [2.05, 4.69) is 33.9 Å². The Morgan fingerprint density at radius 2 is 1.95 bits per heavy atom. The average molecular weight is 299 g/mol. The molecule has 0 fully saturated rings. The standard InChI is InChI=1S/C15H30N2O2Si/c1-7-8-20(5,6)10-13-15(19-4)17-14(11(2)3)12(9-18)16-13/h11,13-14,18H,7-10H2,1-6H3/t13-,14+/m0/s1. The third-order valence-electron chi connectivity index (χ3n) is 3.89. The number of aliphatic hydroxyl groups excluding tert-OH is 1. The van der Waals surface area contributed by atoms with Crippen LogP contribution in [0.3, 0.4) is 0 Å².